The molecule has 0 aliphatic heterocycles. The Morgan fingerprint density at radius 3 is 2.62 bits per heavy atom. The van der Waals surface area contributed by atoms with E-state index in [2.05, 4.69) is 15.0 Å². The van der Waals surface area contributed by atoms with Crippen molar-refractivity contribution >= 4 is 17.6 Å². The Morgan fingerprint density at radius 2 is 2.08 bits per heavy atom. The van der Waals surface area contributed by atoms with Crippen molar-refractivity contribution in [1.29, 1.82) is 0 Å². The van der Waals surface area contributed by atoms with Crippen molar-refractivity contribution < 1.29 is 4.79 Å². The van der Waals surface area contributed by atoms with E-state index in [1.54, 1.807) is 11.7 Å². The summed E-state index contributed by atoms with van der Waals surface area (Å²) in [6.07, 6.45) is 3.64. The lowest BCUT2D eigenvalue weighted by Gasteiger charge is -1.93. The van der Waals surface area contributed by atoms with E-state index in [0.29, 0.717) is 17.7 Å². The van der Waals surface area contributed by atoms with E-state index >= 15 is 0 Å². The molecular weight excluding hydrogens is 186 g/mol. The molecule has 4 nitrogen and oxygen atoms in total. The molecule has 0 saturated carbocycles. The topological polar surface area (TPSA) is 55.7 Å². The van der Waals surface area contributed by atoms with Crippen molar-refractivity contribution in [3.05, 3.63) is 29.0 Å². The molecule has 64 valence electrons. The number of carbonyl (C=O) groups is 1. The smallest absolute Gasteiger partial charge is 0.170 e. The van der Waals surface area contributed by atoms with Crippen LogP contribution in [0.1, 0.15) is 10.5 Å². The number of rotatable bonds is 2. The Labute approximate surface area is 78.3 Å². The molecule has 0 aliphatic rings. The Hall–Kier alpha value is -1.62. The molecule has 0 saturated heterocycles. The standard InChI is InChI=1S/C8H5N3OS/c12-3-6-1-10-7(2-9-6)8-4-13-5-11-8/h1-5H. The first-order valence-electron chi connectivity index (χ1n) is 3.56. The maximum atomic E-state index is 10.3. The largest absolute Gasteiger partial charge is 0.296 e. The third-order valence-electron chi connectivity index (χ3n) is 1.49. The molecule has 0 amide bonds. The summed E-state index contributed by atoms with van der Waals surface area (Å²) in [5.74, 6) is 0. The van der Waals surface area contributed by atoms with Crippen LogP contribution in [0.2, 0.25) is 0 Å². The second-order valence-corrected chi connectivity index (χ2v) is 3.04. The lowest BCUT2D eigenvalue weighted by atomic mass is 10.3. The van der Waals surface area contributed by atoms with Crippen LogP contribution < -0.4 is 0 Å². The van der Waals surface area contributed by atoms with Crippen LogP contribution in [0.4, 0.5) is 0 Å². The molecular formula is C8H5N3OS. The van der Waals surface area contributed by atoms with Crippen LogP contribution in [-0.2, 0) is 0 Å². The molecule has 2 aromatic rings. The molecule has 0 fully saturated rings. The molecule has 0 spiro atoms. The third kappa shape index (κ3) is 1.59. The maximum Gasteiger partial charge on any atom is 0.170 e. The summed E-state index contributed by atoms with van der Waals surface area (Å²) in [6, 6.07) is 0. The lowest BCUT2D eigenvalue weighted by molar-refractivity contribution is 0.111. The number of carbonyl (C=O) groups excluding carboxylic acids is 1. The van der Waals surface area contributed by atoms with Gasteiger partial charge in [0.1, 0.15) is 17.1 Å². The SMILES string of the molecule is O=Cc1cnc(-c2cscn2)cn1. The average Bonchev–Trinajstić information content (AvgIpc) is 2.71. The van der Waals surface area contributed by atoms with Gasteiger partial charge in [0.15, 0.2) is 6.29 Å². The van der Waals surface area contributed by atoms with E-state index < -0.39 is 0 Å². The van der Waals surface area contributed by atoms with E-state index in [4.69, 9.17) is 0 Å². The van der Waals surface area contributed by atoms with Gasteiger partial charge in [0.2, 0.25) is 0 Å². The van der Waals surface area contributed by atoms with Crippen molar-refractivity contribution in [2.45, 2.75) is 0 Å². The predicted molar refractivity (Wildman–Crippen MR) is 48.5 cm³/mol. The zero-order chi connectivity index (χ0) is 9.10. The van der Waals surface area contributed by atoms with Crippen LogP contribution in [0.15, 0.2) is 23.3 Å². The van der Waals surface area contributed by atoms with Crippen LogP contribution >= 0.6 is 11.3 Å². The second kappa shape index (κ2) is 3.40. The molecule has 0 unspecified atom stereocenters. The zero-order valence-corrected chi connectivity index (χ0v) is 7.36. The summed E-state index contributed by atoms with van der Waals surface area (Å²) in [5, 5.41) is 1.88. The number of aromatic nitrogens is 3. The molecule has 2 aromatic heterocycles. The first-order chi connectivity index (χ1) is 6.40. The van der Waals surface area contributed by atoms with Gasteiger partial charge in [-0.1, -0.05) is 0 Å². The summed E-state index contributed by atoms with van der Waals surface area (Å²) in [6.45, 7) is 0. The highest BCUT2D eigenvalue weighted by molar-refractivity contribution is 7.07. The van der Waals surface area contributed by atoms with E-state index in [0.717, 1.165) is 5.69 Å². The van der Waals surface area contributed by atoms with E-state index in [9.17, 15) is 4.79 Å². The fraction of sp³-hybridized carbons (Fsp3) is 0. The molecule has 5 heteroatoms. The van der Waals surface area contributed by atoms with E-state index in [-0.39, 0.29) is 0 Å². The van der Waals surface area contributed by atoms with Crippen molar-refractivity contribution in [3.63, 3.8) is 0 Å². The number of hydrogen-bond acceptors (Lipinski definition) is 5. The Bertz CT molecular complexity index is 396. The van der Waals surface area contributed by atoms with Crippen LogP contribution in [-0.4, -0.2) is 21.2 Å². The fourth-order valence-electron chi connectivity index (χ4n) is 0.870. The molecule has 0 bridgehead atoms. The highest BCUT2D eigenvalue weighted by Crippen LogP contribution is 2.14. The zero-order valence-electron chi connectivity index (χ0n) is 6.54. The number of nitrogens with zero attached hydrogens (tertiary/aromatic N) is 3. The Morgan fingerprint density at radius 1 is 1.15 bits per heavy atom. The van der Waals surface area contributed by atoms with Gasteiger partial charge in [-0.2, -0.15) is 0 Å². The van der Waals surface area contributed by atoms with Crippen LogP contribution in [0, 0.1) is 0 Å². The van der Waals surface area contributed by atoms with E-state index in [1.165, 1.54) is 17.5 Å². The predicted octanol–water partition coefficient (Wildman–Crippen LogP) is 1.41. The summed E-state index contributed by atoms with van der Waals surface area (Å²) in [7, 11) is 0. The lowest BCUT2D eigenvalue weighted by Crippen LogP contribution is -1.90. The van der Waals surface area contributed by atoms with Gasteiger partial charge in [-0.25, -0.2) is 9.97 Å². The average molecular weight is 191 g/mol. The fourth-order valence-corrected chi connectivity index (χ4v) is 1.42. The third-order valence-corrected chi connectivity index (χ3v) is 2.07. The first kappa shape index (κ1) is 8.00. The molecule has 0 radical (unpaired) electrons. The van der Waals surface area contributed by atoms with Gasteiger partial charge in [-0.15, -0.1) is 11.3 Å². The highest BCUT2D eigenvalue weighted by Gasteiger charge is 2.01. The molecule has 2 heterocycles. The summed E-state index contributed by atoms with van der Waals surface area (Å²) in [5.41, 5.74) is 3.53. The monoisotopic (exact) mass is 191 g/mol. The molecule has 0 aliphatic carbocycles. The van der Waals surface area contributed by atoms with Gasteiger partial charge >= 0.3 is 0 Å². The normalized spacial score (nSPS) is 9.85. The van der Waals surface area contributed by atoms with E-state index in [1.807, 2.05) is 5.38 Å². The van der Waals surface area contributed by atoms with Gasteiger partial charge < -0.3 is 0 Å². The Balaban J connectivity index is 2.38. The second-order valence-electron chi connectivity index (χ2n) is 2.32. The molecule has 0 aromatic carbocycles. The van der Waals surface area contributed by atoms with Crippen LogP contribution in [0.5, 0.6) is 0 Å². The molecule has 13 heavy (non-hydrogen) atoms. The summed E-state index contributed by atoms with van der Waals surface area (Å²) < 4.78 is 0. The molecule has 0 N–H and O–H groups in total. The first-order valence-corrected chi connectivity index (χ1v) is 4.50. The van der Waals surface area contributed by atoms with Crippen molar-refractivity contribution in [3.8, 4) is 11.4 Å². The maximum absolute atomic E-state index is 10.3. The minimum Gasteiger partial charge on any atom is -0.296 e. The van der Waals surface area contributed by atoms with Crippen molar-refractivity contribution in [2.75, 3.05) is 0 Å². The van der Waals surface area contributed by atoms with Gasteiger partial charge in [0.05, 0.1) is 17.9 Å². The Kier molecular flexibility index (Phi) is 2.09. The summed E-state index contributed by atoms with van der Waals surface area (Å²) >= 11 is 1.50. The van der Waals surface area contributed by atoms with Gasteiger partial charge in [0, 0.05) is 5.38 Å². The summed E-state index contributed by atoms with van der Waals surface area (Å²) in [4.78, 5) is 22.3. The molecule has 2 rings (SSSR count). The number of thiazole rings is 1. The van der Waals surface area contributed by atoms with Crippen LogP contribution in [0.3, 0.4) is 0 Å². The minimum atomic E-state index is 0.332. The minimum absolute atomic E-state index is 0.332. The van der Waals surface area contributed by atoms with Gasteiger partial charge in [-0.3, -0.25) is 9.78 Å². The van der Waals surface area contributed by atoms with Gasteiger partial charge in [-0.05, 0) is 0 Å². The number of aldehydes is 1. The highest BCUT2D eigenvalue weighted by atomic mass is 32.1. The van der Waals surface area contributed by atoms with Crippen LogP contribution in [0.25, 0.3) is 11.4 Å². The van der Waals surface area contributed by atoms with Crippen molar-refractivity contribution in [2.24, 2.45) is 0 Å². The van der Waals surface area contributed by atoms with Gasteiger partial charge in [0.25, 0.3) is 0 Å². The number of hydrogen-bond donors (Lipinski definition) is 0. The quantitative estimate of drug-likeness (QED) is 0.673. The molecule has 0 atom stereocenters. The van der Waals surface area contributed by atoms with Crippen molar-refractivity contribution in [1.82, 2.24) is 15.0 Å².